The second-order valence-corrected chi connectivity index (χ2v) is 17.4. The zero-order chi connectivity index (χ0) is 34.7. The largest absolute Gasteiger partial charge is 0.507 e. The van der Waals surface area contributed by atoms with E-state index in [0.29, 0.717) is 42.4 Å². The maximum Gasteiger partial charge on any atom is 0.296 e. The zero-order valence-electron chi connectivity index (χ0n) is 28.2. The number of phenolic OH excluding ortho intramolecular Hbond substituents is 1. The molecule has 48 heavy (non-hydrogen) atoms. The number of aromatic hydroxyl groups is 1. The lowest BCUT2D eigenvalue weighted by Crippen LogP contribution is -2.31. The van der Waals surface area contributed by atoms with Gasteiger partial charge in [-0.05, 0) is 69.8 Å². The summed E-state index contributed by atoms with van der Waals surface area (Å²) < 4.78 is 0.647. The molecule has 248 valence electrons. The van der Waals surface area contributed by atoms with E-state index in [1.54, 1.807) is 6.92 Å². The molecular formula is C37H38N4O4S3. The lowest BCUT2D eigenvalue weighted by Gasteiger charge is -2.31. The molecule has 0 spiro atoms. The first-order chi connectivity index (χ1) is 22.6. The number of aliphatic hydroxyl groups excluding tert-OH is 1. The van der Waals surface area contributed by atoms with Crippen molar-refractivity contribution in [3.8, 4) is 5.75 Å². The average molecular weight is 699 g/mol. The Balaban J connectivity index is 1.46. The van der Waals surface area contributed by atoms with Crippen LogP contribution in [-0.4, -0.2) is 37.1 Å². The minimum absolute atomic E-state index is 0.0442. The van der Waals surface area contributed by atoms with Gasteiger partial charge >= 0.3 is 0 Å². The fourth-order valence-corrected chi connectivity index (χ4v) is 8.83. The molecule has 0 radical (unpaired) electrons. The number of nitrogens with zero attached hydrogens (tertiary/aromatic N) is 4. The number of hydrogen-bond donors (Lipinski definition) is 2. The first-order valence-corrected chi connectivity index (χ1v) is 18.2. The molecule has 0 aliphatic carbocycles. The summed E-state index contributed by atoms with van der Waals surface area (Å²) in [5.74, 6) is -1.00. The van der Waals surface area contributed by atoms with Crippen LogP contribution in [0, 0.1) is 13.8 Å². The van der Waals surface area contributed by atoms with E-state index in [4.69, 9.17) is 0 Å². The molecule has 3 heterocycles. The molecule has 0 saturated heterocycles. The van der Waals surface area contributed by atoms with Gasteiger partial charge in [-0.25, -0.2) is 4.98 Å². The smallest absolute Gasteiger partial charge is 0.296 e. The average Bonchev–Trinajstić information content (AvgIpc) is 3.69. The normalized spacial score (nSPS) is 15.6. The summed E-state index contributed by atoms with van der Waals surface area (Å²) in [6.07, 6.45) is 0. The highest BCUT2D eigenvalue weighted by Crippen LogP contribution is 2.48. The SMILES string of the molecule is Cc1nc(C)c(C(=O)C2=C(O)C(=O)N(c3nnc(SCc4cccc5ccccc45)s3)C2c2cc(C(C)(C)C)c(O)c(C(C)(C)C)c2)s1. The molecule has 0 saturated carbocycles. The number of carbonyl (C=O) groups is 2. The van der Waals surface area contributed by atoms with Gasteiger partial charge < -0.3 is 10.2 Å². The molecule has 1 atom stereocenters. The van der Waals surface area contributed by atoms with Crippen molar-refractivity contribution in [3.63, 3.8) is 0 Å². The highest BCUT2D eigenvalue weighted by atomic mass is 32.2. The van der Waals surface area contributed by atoms with Gasteiger partial charge in [0.05, 0.1) is 27.2 Å². The monoisotopic (exact) mass is 698 g/mol. The van der Waals surface area contributed by atoms with Crippen LogP contribution in [0.1, 0.15) is 90.2 Å². The summed E-state index contributed by atoms with van der Waals surface area (Å²) in [5.41, 5.74) is 2.63. The predicted molar refractivity (Wildman–Crippen MR) is 195 cm³/mol. The van der Waals surface area contributed by atoms with Crippen LogP contribution in [0.4, 0.5) is 5.13 Å². The molecule has 0 bridgehead atoms. The quantitative estimate of drug-likeness (QED) is 0.0982. The lowest BCUT2D eigenvalue weighted by atomic mass is 9.77. The third-order valence-electron chi connectivity index (χ3n) is 8.46. The van der Waals surface area contributed by atoms with Gasteiger partial charge in [-0.1, -0.05) is 107 Å². The van der Waals surface area contributed by atoms with E-state index in [2.05, 4.69) is 39.4 Å². The van der Waals surface area contributed by atoms with Gasteiger partial charge in [-0.3, -0.25) is 14.5 Å². The van der Waals surface area contributed by atoms with Crippen LogP contribution in [0.5, 0.6) is 5.75 Å². The van der Waals surface area contributed by atoms with E-state index in [1.165, 1.54) is 39.3 Å². The first-order valence-electron chi connectivity index (χ1n) is 15.6. The van der Waals surface area contributed by atoms with Crippen LogP contribution in [0.2, 0.25) is 0 Å². The number of carbonyl (C=O) groups excluding carboxylic acids is 2. The Labute approximate surface area is 292 Å². The molecule has 6 rings (SSSR count). The molecule has 8 nitrogen and oxygen atoms in total. The Morgan fingerprint density at radius 2 is 1.56 bits per heavy atom. The topological polar surface area (TPSA) is 117 Å². The first kappa shape index (κ1) is 33.8. The highest BCUT2D eigenvalue weighted by Gasteiger charge is 2.47. The van der Waals surface area contributed by atoms with Crippen molar-refractivity contribution in [3.05, 3.63) is 104 Å². The second kappa shape index (κ2) is 12.4. The molecule has 1 aliphatic rings. The van der Waals surface area contributed by atoms with Gasteiger partial charge in [0.2, 0.25) is 10.9 Å². The number of rotatable bonds is 7. The van der Waals surface area contributed by atoms with Gasteiger partial charge in [-0.15, -0.1) is 21.5 Å². The van der Waals surface area contributed by atoms with Crippen molar-refractivity contribution in [2.45, 2.75) is 82.4 Å². The maximum absolute atomic E-state index is 14.3. The number of thiazole rings is 1. The number of benzene rings is 3. The van der Waals surface area contributed by atoms with Crippen molar-refractivity contribution in [2.75, 3.05) is 4.90 Å². The number of aliphatic hydroxyl groups is 1. The Morgan fingerprint density at radius 3 is 2.19 bits per heavy atom. The van der Waals surface area contributed by atoms with Crippen molar-refractivity contribution in [2.24, 2.45) is 0 Å². The van der Waals surface area contributed by atoms with E-state index >= 15 is 0 Å². The van der Waals surface area contributed by atoms with E-state index in [1.807, 2.05) is 78.8 Å². The highest BCUT2D eigenvalue weighted by molar-refractivity contribution is 8.00. The van der Waals surface area contributed by atoms with Crippen LogP contribution in [-0.2, 0) is 21.4 Å². The van der Waals surface area contributed by atoms with Crippen LogP contribution >= 0.6 is 34.4 Å². The fraction of sp³-hybridized carbons (Fsp3) is 0.324. The predicted octanol–water partition coefficient (Wildman–Crippen LogP) is 9.14. The summed E-state index contributed by atoms with van der Waals surface area (Å²) in [6.45, 7) is 15.6. The molecular weight excluding hydrogens is 661 g/mol. The molecule has 11 heteroatoms. The minimum atomic E-state index is -1.02. The van der Waals surface area contributed by atoms with Crippen molar-refractivity contribution in [1.82, 2.24) is 15.2 Å². The molecule has 1 unspecified atom stereocenters. The summed E-state index contributed by atoms with van der Waals surface area (Å²) in [5, 5.41) is 35.1. The number of Topliss-reactive ketones (excluding diaryl/α,β-unsaturated/α-hetero) is 1. The Hall–Kier alpha value is -4.06. The molecule has 0 fully saturated rings. The molecule has 3 aromatic carbocycles. The minimum Gasteiger partial charge on any atom is -0.507 e. The van der Waals surface area contributed by atoms with E-state index < -0.39 is 34.3 Å². The number of ketones is 1. The summed E-state index contributed by atoms with van der Waals surface area (Å²) in [6, 6.07) is 17.1. The number of hydrogen-bond acceptors (Lipinski definition) is 10. The molecule has 2 N–H and O–H groups in total. The Morgan fingerprint density at radius 1 is 0.917 bits per heavy atom. The summed E-state index contributed by atoms with van der Waals surface area (Å²) >= 11 is 3.98. The van der Waals surface area contributed by atoms with Crippen LogP contribution < -0.4 is 4.90 Å². The van der Waals surface area contributed by atoms with Crippen molar-refractivity contribution >= 4 is 62.0 Å². The van der Waals surface area contributed by atoms with Gasteiger partial charge in [-0.2, -0.15) is 0 Å². The second-order valence-electron chi connectivity index (χ2n) is 14.1. The van der Waals surface area contributed by atoms with Gasteiger partial charge in [0, 0.05) is 5.75 Å². The van der Waals surface area contributed by atoms with Crippen molar-refractivity contribution in [1.29, 1.82) is 0 Å². The lowest BCUT2D eigenvalue weighted by molar-refractivity contribution is -0.117. The van der Waals surface area contributed by atoms with E-state index in [-0.39, 0.29) is 16.5 Å². The third-order valence-corrected chi connectivity index (χ3v) is 11.6. The van der Waals surface area contributed by atoms with Gasteiger partial charge in [0.15, 0.2) is 10.1 Å². The number of fused-ring (bicyclic) bond motifs is 1. The summed E-state index contributed by atoms with van der Waals surface area (Å²) in [4.78, 5) is 34.5. The molecule has 5 aromatic rings. The molecule has 2 aromatic heterocycles. The maximum atomic E-state index is 14.3. The van der Waals surface area contributed by atoms with E-state index in [0.717, 1.165) is 16.3 Å². The number of aromatic nitrogens is 3. The summed E-state index contributed by atoms with van der Waals surface area (Å²) in [7, 11) is 0. The molecule has 1 aliphatic heterocycles. The molecule has 1 amide bonds. The van der Waals surface area contributed by atoms with Gasteiger partial charge in [0.25, 0.3) is 5.91 Å². The fourth-order valence-electron chi connectivity index (χ4n) is 6.09. The standard InChI is InChI=1S/C37H38N4O4S3/c1-19-32(47-20(2)38-19)30(43)27-28(23-16-25(36(3,4)5)29(42)26(17-23)37(6,7)8)41(33(45)31(27)44)34-39-40-35(48-34)46-18-22-14-11-13-21-12-9-10-15-24(21)22/h9-17,28,42,44H,18H2,1-8H3. The number of aryl methyl sites for hydroxylation is 2. The van der Waals surface area contributed by atoms with Crippen molar-refractivity contribution < 1.29 is 19.8 Å². The number of anilines is 1. The number of amides is 1. The number of thioether (sulfide) groups is 1. The Kier molecular flexibility index (Phi) is 8.76. The van der Waals surface area contributed by atoms with E-state index in [9.17, 15) is 19.8 Å². The Bertz CT molecular complexity index is 2080. The van der Waals surface area contributed by atoms with Crippen LogP contribution in [0.3, 0.4) is 0 Å². The van der Waals surface area contributed by atoms with Crippen LogP contribution in [0.15, 0.2) is 70.3 Å². The third kappa shape index (κ3) is 6.15. The van der Waals surface area contributed by atoms with Gasteiger partial charge in [0.1, 0.15) is 5.75 Å². The number of phenols is 1. The van der Waals surface area contributed by atoms with Crippen LogP contribution in [0.25, 0.3) is 10.8 Å². The zero-order valence-corrected chi connectivity index (χ0v) is 30.7.